The Balaban J connectivity index is 2.43. The van der Waals surface area contributed by atoms with Gasteiger partial charge in [0.15, 0.2) is 17.3 Å². The fourth-order valence-corrected chi connectivity index (χ4v) is 2.21. The molecular formula is C18H17FO5. The molecule has 0 radical (unpaired) electrons. The number of carbonyl (C=O) groups is 1. The minimum absolute atomic E-state index is 0.0477. The number of allylic oxidation sites excluding steroid dienone is 1. The predicted octanol–water partition coefficient (Wildman–Crippen LogP) is 3.45. The number of carbonyl (C=O) groups excluding carboxylic acids is 1. The van der Waals surface area contributed by atoms with Gasteiger partial charge >= 0.3 is 0 Å². The maximum atomic E-state index is 12.9. The number of benzene rings is 2. The standard InChI is InChI=1S/C18H17FO5/c1-22-15-10-14(21)16(18(24-3)17(15)23-2)13(20)9-6-11-4-7-12(19)8-5-11/h4-10,21H,1-3H3. The number of methoxy groups -OCH3 is 3. The zero-order chi connectivity index (χ0) is 17.7. The summed E-state index contributed by atoms with van der Waals surface area (Å²) in [7, 11) is 4.17. The molecule has 126 valence electrons. The van der Waals surface area contributed by atoms with Crippen LogP contribution in [-0.2, 0) is 0 Å². The molecule has 5 nitrogen and oxygen atoms in total. The molecule has 0 aliphatic heterocycles. The Morgan fingerprint density at radius 3 is 2.21 bits per heavy atom. The Bertz CT molecular complexity index is 766. The highest BCUT2D eigenvalue weighted by Gasteiger charge is 2.24. The maximum Gasteiger partial charge on any atom is 0.204 e. The fourth-order valence-electron chi connectivity index (χ4n) is 2.21. The van der Waals surface area contributed by atoms with E-state index in [9.17, 15) is 14.3 Å². The summed E-state index contributed by atoms with van der Waals surface area (Å²) in [6.45, 7) is 0. The van der Waals surface area contributed by atoms with E-state index in [0.717, 1.165) is 0 Å². The third-order valence-electron chi connectivity index (χ3n) is 3.35. The molecule has 2 rings (SSSR count). The van der Waals surface area contributed by atoms with Crippen LogP contribution in [0.15, 0.2) is 36.4 Å². The number of halogens is 1. The van der Waals surface area contributed by atoms with Crippen LogP contribution in [0.2, 0.25) is 0 Å². The van der Waals surface area contributed by atoms with Crippen molar-refractivity contribution in [1.29, 1.82) is 0 Å². The third kappa shape index (κ3) is 3.48. The molecule has 0 saturated heterocycles. The Labute approximate surface area is 138 Å². The summed E-state index contributed by atoms with van der Waals surface area (Å²) in [5.41, 5.74) is 0.595. The summed E-state index contributed by atoms with van der Waals surface area (Å²) in [4.78, 5) is 12.5. The molecule has 0 atom stereocenters. The van der Waals surface area contributed by atoms with Crippen LogP contribution in [0.3, 0.4) is 0 Å². The number of aromatic hydroxyl groups is 1. The van der Waals surface area contributed by atoms with Crippen molar-refractivity contribution in [3.05, 3.63) is 53.4 Å². The smallest absolute Gasteiger partial charge is 0.204 e. The fraction of sp³-hybridized carbons (Fsp3) is 0.167. The summed E-state index contributed by atoms with van der Waals surface area (Å²) >= 11 is 0. The second kappa shape index (κ2) is 7.50. The normalized spacial score (nSPS) is 10.7. The predicted molar refractivity (Wildman–Crippen MR) is 87.5 cm³/mol. The lowest BCUT2D eigenvalue weighted by Gasteiger charge is -2.15. The first kappa shape index (κ1) is 17.3. The van der Waals surface area contributed by atoms with Gasteiger partial charge in [0.05, 0.1) is 21.3 Å². The van der Waals surface area contributed by atoms with Crippen LogP contribution >= 0.6 is 0 Å². The van der Waals surface area contributed by atoms with Crippen molar-refractivity contribution in [2.24, 2.45) is 0 Å². The van der Waals surface area contributed by atoms with E-state index in [2.05, 4.69) is 0 Å². The number of phenolic OH excluding ortho intramolecular Hbond substituents is 1. The Morgan fingerprint density at radius 1 is 1.04 bits per heavy atom. The SMILES string of the molecule is COc1cc(O)c(C(=O)C=Cc2ccc(F)cc2)c(OC)c1OC. The van der Waals surface area contributed by atoms with Gasteiger partial charge in [-0.1, -0.05) is 18.2 Å². The van der Waals surface area contributed by atoms with E-state index in [4.69, 9.17) is 14.2 Å². The van der Waals surface area contributed by atoms with Gasteiger partial charge in [-0.2, -0.15) is 0 Å². The van der Waals surface area contributed by atoms with Crippen molar-refractivity contribution >= 4 is 11.9 Å². The molecule has 0 unspecified atom stereocenters. The molecule has 0 spiro atoms. The lowest BCUT2D eigenvalue weighted by Crippen LogP contribution is -2.03. The zero-order valence-corrected chi connectivity index (χ0v) is 13.5. The van der Waals surface area contributed by atoms with Gasteiger partial charge in [-0.3, -0.25) is 4.79 Å². The average molecular weight is 332 g/mol. The van der Waals surface area contributed by atoms with E-state index < -0.39 is 5.78 Å². The Kier molecular flexibility index (Phi) is 5.42. The second-order valence-electron chi connectivity index (χ2n) is 4.79. The van der Waals surface area contributed by atoms with Crippen LogP contribution in [0.4, 0.5) is 4.39 Å². The topological polar surface area (TPSA) is 65.0 Å². The Hall–Kier alpha value is -3.02. The minimum Gasteiger partial charge on any atom is -0.507 e. The van der Waals surface area contributed by atoms with Crippen molar-refractivity contribution in [3.63, 3.8) is 0 Å². The average Bonchev–Trinajstić information content (AvgIpc) is 2.59. The van der Waals surface area contributed by atoms with Crippen molar-refractivity contribution in [1.82, 2.24) is 0 Å². The van der Waals surface area contributed by atoms with Crippen LogP contribution < -0.4 is 14.2 Å². The minimum atomic E-state index is -0.491. The number of hydrogen-bond donors (Lipinski definition) is 1. The van der Waals surface area contributed by atoms with Crippen LogP contribution in [0, 0.1) is 5.82 Å². The number of hydrogen-bond acceptors (Lipinski definition) is 5. The lowest BCUT2D eigenvalue weighted by molar-refractivity contribution is 0.104. The van der Waals surface area contributed by atoms with Gasteiger partial charge in [0.25, 0.3) is 0 Å². The highest BCUT2D eigenvalue weighted by atomic mass is 19.1. The summed E-state index contributed by atoms with van der Waals surface area (Å²) in [5.74, 6) is -0.629. The van der Waals surface area contributed by atoms with Gasteiger partial charge in [-0.05, 0) is 23.8 Å². The summed E-state index contributed by atoms with van der Waals surface area (Å²) in [6, 6.07) is 6.92. The molecule has 0 amide bonds. The number of ether oxygens (including phenoxy) is 3. The molecule has 24 heavy (non-hydrogen) atoms. The van der Waals surface area contributed by atoms with E-state index in [0.29, 0.717) is 5.56 Å². The van der Waals surface area contributed by atoms with E-state index in [1.54, 1.807) is 0 Å². The molecule has 6 heteroatoms. The van der Waals surface area contributed by atoms with Gasteiger partial charge < -0.3 is 19.3 Å². The van der Waals surface area contributed by atoms with Gasteiger partial charge in [-0.15, -0.1) is 0 Å². The highest BCUT2D eigenvalue weighted by molar-refractivity contribution is 6.11. The number of phenols is 1. The van der Waals surface area contributed by atoms with E-state index in [1.807, 2.05) is 0 Å². The molecule has 0 heterocycles. The van der Waals surface area contributed by atoms with E-state index >= 15 is 0 Å². The largest absolute Gasteiger partial charge is 0.507 e. The first-order valence-electron chi connectivity index (χ1n) is 7.01. The summed E-state index contributed by atoms with van der Waals surface area (Å²) < 4.78 is 28.4. The molecule has 0 fully saturated rings. The molecular weight excluding hydrogens is 315 g/mol. The van der Waals surface area contributed by atoms with E-state index in [-0.39, 0.29) is 34.4 Å². The molecule has 0 saturated carbocycles. The second-order valence-corrected chi connectivity index (χ2v) is 4.79. The quantitative estimate of drug-likeness (QED) is 0.648. The van der Waals surface area contributed by atoms with E-state index in [1.165, 1.54) is 63.8 Å². The molecule has 0 aliphatic rings. The molecule has 0 aliphatic carbocycles. The molecule has 0 bridgehead atoms. The van der Waals surface area contributed by atoms with Gasteiger partial charge in [0, 0.05) is 6.07 Å². The van der Waals surface area contributed by atoms with Crippen LogP contribution in [0.1, 0.15) is 15.9 Å². The van der Waals surface area contributed by atoms with Gasteiger partial charge in [0.1, 0.15) is 17.1 Å². The van der Waals surface area contributed by atoms with Crippen LogP contribution in [0.5, 0.6) is 23.0 Å². The van der Waals surface area contributed by atoms with Crippen molar-refractivity contribution in [3.8, 4) is 23.0 Å². The monoisotopic (exact) mass is 332 g/mol. The van der Waals surface area contributed by atoms with Crippen LogP contribution in [-0.4, -0.2) is 32.2 Å². The summed E-state index contributed by atoms with van der Waals surface area (Å²) in [5, 5.41) is 10.1. The van der Waals surface area contributed by atoms with Gasteiger partial charge in [-0.25, -0.2) is 4.39 Å². The van der Waals surface area contributed by atoms with Crippen molar-refractivity contribution in [2.45, 2.75) is 0 Å². The van der Waals surface area contributed by atoms with Crippen LogP contribution in [0.25, 0.3) is 6.08 Å². The maximum absolute atomic E-state index is 12.9. The summed E-state index contributed by atoms with van der Waals surface area (Å²) in [6.07, 6.45) is 2.77. The zero-order valence-electron chi connectivity index (χ0n) is 13.5. The first-order chi connectivity index (χ1) is 11.5. The van der Waals surface area contributed by atoms with Crippen molar-refractivity contribution < 1.29 is 28.5 Å². The highest BCUT2D eigenvalue weighted by Crippen LogP contribution is 2.44. The Morgan fingerprint density at radius 2 is 1.67 bits per heavy atom. The van der Waals surface area contributed by atoms with Crippen molar-refractivity contribution in [2.75, 3.05) is 21.3 Å². The van der Waals surface area contributed by atoms with Gasteiger partial charge in [0.2, 0.25) is 5.75 Å². The number of rotatable bonds is 6. The molecule has 0 aromatic heterocycles. The third-order valence-corrected chi connectivity index (χ3v) is 3.35. The first-order valence-corrected chi connectivity index (χ1v) is 7.01. The molecule has 2 aromatic rings. The molecule has 2 aromatic carbocycles. The molecule has 1 N–H and O–H groups in total. The number of ketones is 1. The lowest BCUT2D eigenvalue weighted by atomic mass is 10.1.